The van der Waals surface area contributed by atoms with Crippen molar-refractivity contribution < 1.29 is 4.79 Å². The second-order valence-electron chi connectivity index (χ2n) is 5.17. The van der Waals surface area contributed by atoms with Gasteiger partial charge in [0, 0.05) is 12.6 Å². The molecular weight excluding hydrogens is 288 g/mol. The molecule has 1 unspecified atom stereocenters. The van der Waals surface area contributed by atoms with Gasteiger partial charge in [-0.3, -0.25) is 4.79 Å². The van der Waals surface area contributed by atoms with Crippen LogP contribution in [0.5, 0.6) is 0 Å². The summed E-state index contributed by atoms with van der Waals surface area (Å²) in [7, 11) is 0. The van der Waals surface area contributed by atoms with E-state index in [9.17, 15) is 4.79 Å². The number of halogens is 1. The minimum atomic E-state index is -0.0838. The van der Waals surface area contributed by atoms with E-state index in [0.717, 1.165) is 30.9 Å². The summed E-state index contributed by atoms with van der Waals surface area (Å²) < 4.78 is 1.70. The molecule has 1 aliphatic heterocycles. The summed E-state index contributed by atoms with van der Waals surface area (Å²) in [5.41, 5.74) is 2.15. The Morgan fingerprint density at radius 2 is 2.29 bits per heavy atom. The SMILES string of the molecule is Cc1c(C(=O)NC2CCNC2)cnn1-c1ccccc1Cl. The fraction of sp³-hybridized carbons (Fsp3) is 0.333. The first-order valence-corrected chi connectivity index (χ1v) is 7.35. The van der Waals surface area contributed by atoms with Crippen LogP contribution >= 0.6 is 11.6 Å². The third-order valence-corrected chi connectivity index (χ3v) is 4.05. The standard InChI is InChI=1S/C15H17ClN4O/c1-10-12(15(21)19-11-6-7-17-8-11)9-18-20(10)14-5-3-2-4-13(14)16/h2-5,9,11,17H,6-8H2,1H3,(H,19,21). The Morgan fingerprint density at radius 1 is 1.48 bits per heavy atom. The second kappa shape index (κ2) is 5.87. The summed E-state index contributed by atoms with van der Waals surface area (Å²) in [5.74, 6) is -0.0838. The molecule has 1 aromatic carbocycles. The molecule has 0 bridgehead atoms. The van der Waals surface area contributed by atoms with Crippen LogP contribution in [0.3, 0.4) is 0 Å². The first kappa shape index (κ1) is 14.1. The van der Waals surface area contributed by atoms with Crippen molar-refractivity contribution in [3.63, 3.8) is 0 Å². The van der Waals surface area contributed by atoms with Crippen LogP contribution in [0.1, 0.15) is 22.5 Å². The van der Waals surface area contributed by atoms with Gasteiger partial charge >= 0.3 is 0 Å². The van der Waals surface area contributed by atoms with Gasteiger partial charge in [-0.2, -0.15) is 5.10 Å². The number of carbonyl (C=O) groups is 1. The highest BCUT2D eigenvalue weighted by Crippen LogP contribution is 2.22. The molecule has 2 aromatic rings. The molecule has 0 radical (unpaired) electrons. The number of nitrogens with zero attached hydrogens (tertiary/aromatic N) is 2. The predicted octanol–water partition coefficient (Wildman–Crippen LogP) is 1.93. The summed E-state index contributed by atoms with van der Waals surface area (Å²) >= 11 is 6.19. The molecule has 1 aliphatic rings. The van der Waals surface area contributed by atoms with Crippen molar-refractivity contribution in [1.82, 2.24) is 20.4 Å². The molecule has 21 heavy (non-hydrogen) atoms. The van der Waals surface area contributed by atoms with Gasteiger partial charge in [0.1, 0.15) is 0 Å². The Morgan fingerprint density at radius 3 is 3.00 bits per heavy atom. The average molecular weight is 305 g/mol. The van der Waals surface area contributed by atoms with Crippen molar-refractivity contribution in [3.05, 3.63) is 46.7 Å². The monoisotopic (exact) mass is 304 g/mol. The normalized spacial score (nSPS) is 17.9. The molecule has 1 amide bonds. The van der Waals surface area contributed by atoms with Gasteiger partial charge in [0.25, 0.3) is 5.91 Å². The topological polar surface area (TPSA) is 59.0 Å². The Kier molecular flexibility index (Phi) is 3.94. The summed E-state index contributed by atoms with van der Waals surface area (Å²) in [5, 5.41) is 11.2. The Labute approximate surface area is 128 Å². The number of rotatable bonds is 3. The van der Waals surface area contributed by atoms with Crippen LogP contribution in [0.4, 0.5) is 0 Å². The van der Waals surface area contributed by atoms with Crippen LogP contribution in [-0.4, -0.2) is 34.8 Å². The molecule has 110 valence electrons. The zero-order valence-corrected chi connectivity index (χ0v) is 12.5. The van der Waals surface area contributed by atoms with E-state index < -0.39 is 0 Å². The lowest BCUT2D eigenvalue weighted by Gasteiger charge is -2.11. The van der Waals surface area contributed by atoms with Crippen molar-refractivity contribution in [2.24, 2.45) is 0 Å². The van der Waals surface area contributed by atoms with Crippen molar-refractivity contribution in [1.29, 1.82) is 0 Å². The van der Waals surface area contributed by atoms with Gasteiger partial charge in [-0.1, -0.05) is 23.7 Å². The number of nitrogens with one attached hydrogen (secondary N) is 2. The Balaban J connectivity index is 1.85. The fourth-order valence-corrected chi connectivity index (χ4v) is 2.76. The molecule has 3 rings (SSSR count). The Hall–Kier alpha value is -1.85. The van der Waals surface area contributed by atoms with E-state index in [1.165, 1.54) is 0 Å². The van der Waals surface area contributed by atoms with Gasteiger partial charge in [0.2, 0.25) is 0 Å². The number of benzene rings is 1. The highest BCUT2D eigenvalue weighted by molar-refractivity contribution is 6.32. The summed E-state index contributed by atoms with van der Waals surface area (Å²) in [6.07, 6.45) is 2.56. The van der Waals surface area contributed by atoms with E-state index in [4.69, 9.17) is 11.6 Å². The number of aromatic nitrogens is 2. The van der Waals surface area contributed by atoms with E-state index in [1.807, 2.05) is 31.2 Å². The lowest BCUT2D eigenvalue weighted by Crippen LogP contribution is -2.36. The lowest BCUT2D eigenvalue weighted by molar-refractivity contribution is 0.0939. The predicted molar refractivity (Wildman–Crippen MR) is 82.1 cm³/mol. The van der Waals surface area contributed by atoms with Crippen LogP contribution in [0.15, 0.2) is 30.5 Å². The largest absolute Gasteiger partial charge is 0.348 e. The summed E-state index contributed by atoms with van der Waals surface area (Å²) in [4.78, 5) is 12.3. The molecule has 2 N–H and O–H groups in total. The maximum atomic E-state index is 12.3. The molecular formula is C15H17ClN4O. The Bertz CT molecular complexity index is 661. The van der Waals surface area contributed by atoms with E-state index in [0.29, 0.717) is 10.6 Å². The maximum absolute atomic E-state index is 12.3. The molecule has 0 aliphatic carbocycles. The van der Waals surface area contributed by atoms with Gasteiger partial charge in [-0.15, -0.1) is 0 Å². The van der Waals surface area contributed by atoms with Crippen molar-refractivity contribution in [2.45, 2.75) is 19.4 Å². The molecule has 0 saturated carbocycles. The molecule has 2 heterocycles. The lowest BCUT2D eigenvalue weighted by atomic mass is 10.2. The van der Waals surface area contributed by atoms with Crippen LogP contribution in [0, 0.1) is 6.92 Å². The van der Waals surface area contributed by atoms with Gasteiger partial charge in [-0.25, -0.2) is 4.68 Å². The van der Waals surface area contributed by atoms with Crippen LogP contribution in [0.2, 0.25) is 5.02 Å². The number of amides is 1. The van der Waals surface area contributed by atoms with Crippen LogP contribution in [-0.2, 0) is 0 Å². The average Bonchev–Trinajstić information content (AvgIpc) is 3.09. The van der Waals surface area contributed by atoms with E-state index in [1.54, 1.807) is 10.9 Å². The fourth-order valence-electron chi connectivity index (χ4n) is 2.54. The highest BCUT2D eigenvalue weighted by Gasteiger charge is 2.21. The smallest absolute Gasteiger partial charge is 0.255 e. The first-order valence-electron chi connectivity index (χ1n) is 6.98. The minimum absolute atomic E-state index is 0.0838. The van der Waals surface area contributed by atoms with Gasteiger partial charge in [0.15, 0.2) is 0 Å². The van der Waals surface area contributed by atoms with Crippen LogP contribution < -0.4 is 10.6 Å². The molecule has 1 aromatic heterocycles. The second-order valence-corrected chi connectivity index (χ2v) is 5.58. The summed E-state index contributed by atoms with van der Waals surface area (Å²) in [6.45, 7) is 3.64. The van der Waals surface area contributed by atoms with Crippen molar-refractivity contribution in [3.8, 4) is 5.69 Å². The van der Waals surface area contributed by atoms with E-state index >= 15 is 0 Å². The highest BCUT2D eigenvalue weighted by atomic mass is 35.5. The third-order valence-electron chi connectivity index (χ3n) is 3.73. The number of hydrogen-bond donors (Lipinski definition) is 2. The molecule has 0 spiro atoms. The zero-order valence-electron chi connectivity index (χ0n) is 11.8. The first-order chi connectivity index (χ1) is 10.2. The van der Waals surface area contributed by atoms with Crippen molar-refractivity contribution >= 4 is 17.5 Å². The molecule has 1 atom stereocenters. The van der Waals surface area contributed by atoms with Gasteiger partial charge < -0.3 is 10.6 Å². The molecule has 5 nitrogen and oxygen atoms in total. The maximum Gasteiger partial charge on any atom is 0.255 e. The summed E-state index contributed by atoms with van der Waals surface area (Å²) in [6, 6.07) is 7.64. The van der Waals surface area contributed by atoms with Gasteiger partial charge in [0.05, 0.1) is 28.2 Å². The molecule has 6 heteroatoms. The van der Waals surface area contributed by atoms with Gasteiger partial charge in [-0.05, 0) is 32.0 Å². The quantitative estimate of drug-likeness (QED) is 0.911. The number of para-hydroxylation sites is 1. The zero-order chi connectivity index (χ0) is 14.8. The number of carbonyl (C=O) groups excluding carboxylic acids is 1. The van der Waals surface area contributed by atoms with Crippen molar-refractivity contribution in [2.75, 3.05) is 13.1 Å². The van der Waals surface area contributed by atoms with Crippen LogP contribution in [0.25, 0.3) is 5.69 Å². The molecule has 1 saturated heterocycles. The minimum Gasteiger partial charge on any atom is -0.348 e. The van der Waals surface area contributed by atoms with E-state index in [2.05, 4.69) is 15.7 Å². The number of hydrogen-bond acceptors (Lipinski definition) is 3. The molecule has 1 fully saturated rings. The third kappa shape index (κ3) is 2.80. The van der Waals surface area contributed by atoms with E-state index in [-0.39, 0.29) is 11.9 Å².